The van der Waals surface area contributed by atoms with Crippen LogP contribution in [0.2, 0.25) is 0 Å². The zero-order valence-electron chi connectivity index (χ0n) is 21.4. The van der Waals surface area contributed by atoms with Gasteiger partial charge in [0.15, 0.2) is 0 Å². The van der Waals surface area contributed by atoms with Crippen molar-refractivity contribution in [3.8, 4) is 0 Å². The zero-order valence-corrected chi connectivity index (χ0v) is 21.4. The zero-order chi connectivity index (χ0) is 26.4. The van der Waals surface area contributed by atoms with E-state index in [4.69, 9.17) is 9.47 Å². The van der Waals surface area contributed by atoms with E-state index in [1.54, 1.807) is 33.9 Å². The number of fused-ring (bicyclic) bond motifs is 1. The molecule has 0 spiro atoms. The van der Waals surface area contributed by atoms with Crippen LogP contribution in [0, 0.1) is 0 Å². The molecule has 3 amide bonds. The summed E-state index contributed by atoms with van der Waals surface area (Å²) < 4.78 is 10.2. The van der Waals surface area contributed by atoms with Gasteiger partial charge in [0.25, 0.3) is 0 Å². The Morgan fingerprint density at radius 3 is 2.31 bits per heavy atom. The summed E-state index contributed by atoms with van der Waals surface area (Å²) in [5.74, 6) is -1.73. The molecule has 10 nitrogen and oxygen atoms in total. The highest BCUT2D eigenvalue weighted by Gasteiger charge is 2.35. The van der Waals surface area contributed by atoms with E-state index in [-0.39, 0.29) is 13.0 Å². The van der Waals surface area contributed by atoms with Crippen molar-refractivity contribution in [1.82, 2.24) is 20.9 Å². The van der Waals surface area contributed by atoms with Crippen LogP contribution in [-0.2, 0) is 30.3 Å². The maximum Gasteiger partial charge on any atom is 0.408 e. The molecule has 0 radical (unpaired) electrons. The molecule has 0 unspecified atom stereocenters. The topological polar surface area (TPSA) is 139 Å². The number of para-hydroxylation sites is 1. The molecule has 0 saturated carbocycles. The van der Waals surface area contributed by atoms with Gasteiger partial charge in [-0.15, -0.1) is 0 Å². The predicted molar refractivity (Wildman–Crippen MR) is 132 cm³/mol. The van der Waals surface area contributed by atoms with E-state index in [1.807, 2.05) is 24.3 Å². The minimum atomic E-state index is -1.38. The van der Waals surface area contributed by atoms with Crippen LogP contribution in [0.5, 0.6) is 0 Å². The molecule has 0 saturated heterocycles. The standard InChI is InChI=1S/C25H36N4O6/c1-8-34-21(31)15(2)27-20(30)19(13-16-14-26-18-12-10-9-11-17(16)18)28-22(32)25(6,7)29-23(33)35-24(3,4)5/h9-12,14-15,19,26H,8,13H2,1-7H3,(H,27,30)(H,28,32)(H,29,33)/t15-,19+/m0/s1. The van der Waals surface area contributed by atoms with Crippen molar-refractivity contribution in [1.29, 1.82) is 0 Å². The Morgan fingerprint density at radius 1 is 1.03 bits per heavy atom. The fourth-order valence-electron chi connectivity index (χ4n) is 3.32. The molecule has 10 heteroatoms. The second-order valence-electron chi connectivity index (χ2n) is 9.82. The van der Waals surface area contributed by atoms with Crippen LogP contribution >= 0.6 is 0 Å². The van der Waals surface area contributed by atoms with Gasteiger partial charge in [0, 0.05) is 23.5 Å². The molecular weight excluding hydrogens is 452 g/mol. The van der Waals surface area contributed by atoms with Gasteiger partial charge in [0.05, 0.1) is 6.61 Å². The lowest BCUT2D eigenvalue weighted by atomic mass is 10.0. The summed E-state index contributed by atoms with van der Waals surface area (Å²) in [6, 6.07) is 5.65. The number of hydrogen-bond acceptors (Lipinski definition) is 6. The number of nitrogens with one attached hydrogen (secondary N) is 4. The van der Waals surface area contributed by atoms with E-state index in [9.17, 15) is 19.2 Å². The second kappa shape index (κ2) is 11.2. The molecule has 4 N–H and O–H groups in total. The maximum absolute atomic E-state index is 13.1. The number of ether oxygens (including phenoxy) is 2. The number of esters is 1. The fourth-order valence-corrected chi connectivity index (χ4v) is 3.32. The summed E-state index contributed by atoms with van der Waals surface area (Å²) in [5, 5.41) is 8.76. The van der Waals surface area contributed by atoms with Gasteiger partial charge < -0.3 is 30.4 Å². The maximum atomic E-state index is 13.1. The van der Waals surface area contributed by atoms with Gasteiger partial charge in [0.1, 0.15) is 23.2 Å². The summed E-state index contributed by atoms with van der Waals surface area (Å²) >= 11 is 0. The minimum absolute atomic E-state index is 0.152. The highest BCUT2D eigenvalue weighted by atomic mass is 16.6. The molecule has 0 bridgehead atoms. The number of rotatable bonds is 9. The van der Waals surface area contributed by atoms with Gasteiger partial charge in [-0.25, -0.2) is 9.59 Å². The Kier molecular flexibility index (Phi) is 8.89. The van der Waals surface area contributed by atoms with Crippen LogP contribution in [0.15, 0.2) is 30.5 Å². The van der Waals surface area contributed by atoms with Crippen molar-refractivity contribution in [3.05, 3.63) is 36.0 Å². The van der Waals surface area contributed by atoms with Gasteiger partial charge in [-0.1, -0.05) is 18.2 Å². The van der Waals surface area contributed by atoms with Crippen LogP contribution in [0.3, 0.4) is 0 Å². The SMILES string of the molecule is CCOC(=O)[C@H](C)NC(=O)[C@@H](Cc1c[nH]c2ccccc12)NC(=O)C(C)(C)NC(=O)OC(C)(C)C. The van der Waals surface area contributed by atoms with Crippen LogP contribution in [0.25, 0.3) is 10.9 Å². The number of hydrogen-bond donors (Lipinski definition) is 4. The summed E-state index contributed by atoms with van der Waals surface area (Å²) in [4.78, 5) is 53.7. The molecule has 0 aliphatic heterocycles. The van der Waals surface area contributed by atoms with Crippen molar-refractivity contribution in [2.24, 2.45) is 0 Å². The fraction of sp³-hybridized carbons (Fsp3) is 0.520. The summed E-state index contributed by atoms with van der Waals surface area (Å²) in [6.45, 7) is 11.5. The first-order chi connectivity index (χ1) is 16.2. The highest BCUT2D eigenvalue weighted by molar-refractivity contribution is 5.95. The molecule has 192 valence electrons. The van der Waals surface area contributed by atoms with Crippen molar-refractivity contribution >= 4 is 34.8 Å². The van der Waals surface area contributed by atoms with E-state index in [0.29, 0.717) is 0 Å². The molecular formula is C25H36N4O6. The number of alkyl carbamates (subject to hydrolysis) is 1. The van der Waals surface area contributed by atoms with Crippen molar-refractivity contribution in [3.63, 3.8) is 0 Å². The van der Waals surface area contributed by atoms with Crippen molar-refractivity contribution < 1.29 is 28.7 Å². The minimum Gasteiger partial charge on any atom is -0.464 e. The van der Waals surface area contributed by atoms with E-state index in [2.05, 4.69) is 20.9 Å². The Morgan fingerprint density at radius 2 is 1.69 bits per heavy atom. The second-order valence-corrected chi connectivity index (χ2v) is 9.82. The molecule has 1 aromatic carbocycles. The highest BCUT2D eigenvalue weighted by Crippen LogP contribution is 2.20. The van der Waals surface area contributed by atoms with E-state index < -0.39 is 47.1 Å². The van der Waals surface area contributed by atoms with Crippen LogP contribution in [-0.4, -0.2) is 58.7 Å². The number of H-pyrrole nitrogens is 1. The number of carbonyl (C=O) groups excluding carboxylic acids is 4. The lowest BCUT2D eigenvalue weighted by Gasteiger charge is -2.29. The van der Waals surface area contributed by atoms with Gasteiger partial charge in [-0.2, -0.15) is 0 Å². The average Bonchev–Trinajstić information content (AvgIpc) is 3.14. The van der Waals surface area contributed by atoms with Gasteiger partial charge in [-0.3, -0.25) is 9.59 Å². The number of amides is 3. The van der Waals surface area contributed by atoms with Crippen molar-refractivity contribution in [2.45, 2.75) is 78.1 Å². The molecule has 0 aliphatic rings. The van der Waals surface area contributed by atoms with E-state index >= 15 is 0 Å². The van der Waals surface area contributed by atoms with E-state index in [1.165, 1.54) is 20.8 Å². The molecule has 2 atom stereocenters. The third-order valence-corrected chi connectivity index (χ3v) is 5.10. The first kappa shape index (κ1) is 27.7. The summed E-state index contributed by atoms with van der Waals surface area (Å²) in [7, 11) is 0. The summed E-state index contributed by atoms with van der Waals surface area (Å²) in [5.41, 5.74) is -0.423. The third kappa shape index (κ3) is 8.01. The van der Waals surface area contributed by atoms with Crippen molar-refractivity contribution in [2.75, 3.05) is 6.61 Å². The third-order valence-electron chi connectivity index (χ3n) is 5.10. The van der Waals surface area contributed by atoms with Crippen LogP contribution in [0.1, 0.15) is 54.0 Å². The Labute approximate surface area is 205 Å². The number of aromatic amines is 1. The first-order valence-electron chi connectivity index (χ1n) is 11.6. The number of carbonyl (C=O) groups is 4. The lowest BCUT2D eigenvalue weighted by molar-refractivity contribution is -0.147. The average molecular weight is 489 g/mol. The molecule has 1 heterocycles. The largest absolute Gasteiger partial charge is 0.464 e. The smallest absolute Gasteiger partial charge is 0.408 e. The predicted octanol–water partition coefficient (Wildman–Crippen LogP) is 2.57. The van der Waals surface area contributed by atoms with Gasteiger partial charge >= 0.3 is 12.1 Å². The number of aromatic nitrogens is 1. The normalized spacial score (nSPS) is 13.5. The van der Waals surface area contributed by atoms with Gasteiger partial charge in [-0.05, 0) is 60.1 Å². The quantitative estimate of drug-likeness (QED) is 0.400. The van der Waals surface area contributed by atoms with Gasteiger partial charge in [0.2, 0.25) is 11.8 Å². The molecule has 0 aliphatic carbocycles. The molecule has 2 rings (SSSR count). The van der Waals surface area contributed by atoms with E-state index in [0.717, 1.165) is 16.5 Å². The molecule has 1 aromatic heterocycles. The van der Waals surface area contributed by atoms with Crippen LogP contribution in [0.4, 0.5) is 4.79 Å². The Bertz CT molecular complexity index is 1070. The monoisotopic (exact) mass is 488 g/mol. The lowest BCUT2D eigenvalue weighted by Crippen LogP contribution is -2.60. The summed E-state index contributed by atoms with van der Waals surface area (Å²) in [6.07, 6.45) is 1.17. The molecule has 2 aromatic rings. The number of benzene rings is 1. The Balaban J connectivity index is 2.23. The first-order valence-corrected chi connectivity index (χ1v) is 11.6. The van der Waals surface area contributed by atoms with Crippen LogP contribution < -0.4 is 16.0 Å². The molecule has 35 heavy (non-hydrogen) atoms. The Hall–Kier alpha value is -3.56. The molecule has 0 fully saturated rings.